The average Bonchev–Trinajstić information content (AvgIpc) is 2.86. The van der Waals surface area contributed by atoms with Crippen molar-refractivity contribution in [1.82, 2.24) is 4.90 Å². The van der Waals surface area contributed by atoms with Gasteiger partial charge in [-0.25, -0.2) is 0 Å². The first-order valence-electron chi connectivity index (χ1n) is 7.49. The van der Waals surface area contributed by atoms with E-state index in [1.165, 1.54) is 0 Å². The number of benzene rings is 2. The van der Waals surface area contributed by atoms with Crippen LogP contribution in [0.4, 0.5) is 10.5 Å². The fourth-order valence-electron chi connectivity index (χ4n) is 2.22. The lowest BCUT2D eigenvalue weighted by atomic mass is 10.2. The van der Waals surface area contributed by atoms with Crippen LogP contribution >= 0.6 is 39.3 Å². The van der Waals surface area contributed by atoms with Gasteiger partial charge in [0.15, 0.2) is 0 Å². The van der Waals surface area contributed by atoms with Crippen LogP contribution in [-0.2, 0) is 9.59 Å². The Bertz CT molecular complexity index is 898. The third kappa shape index (κ3) is 4.55. The number of rotatable bonds is 4. The first-order chi connectivity index (χ1) is 12.4. The summed E-state index contributed by atoms with van der Waals surface area (Å²) in [5.74, 6) is -0.936. The molecule has 1 saturated heterocycles. The highest BCUT2D eigenvalue weighted by atomic mass is 79.9. The standard InChI is InChI=1S/C18H12BrClN2O3S/c19-12-3-1-11(2-4-12)9-15-17(24)22(18(25)26-15)10-16(23)21-14-7-5-13(20)6-8-14/h1-9H,10H2,(H,21,23)/b15-9+. The van der Waals surface area contributed by atoms with Gasteiger partial charge in [-0.2, -0.15) is 0 Å². The second-order valence-corrected chi connectivity index (χ2v) is 7.72. The molecule has 26 heavy (non-hydrogen) atoms. The average molecular weight is 452 g/mol. The normalized spacial score (nSPS) is 15.6. The van der Waals surface area contributed by atoms with Gasteiger partial charge < -0.3 is 5.32 Å². The molecule has 0 spiro atoms. The van der Waals surface area contributed by atoms with E-state index in [-0.39, 0.29) is 11.4 Å². The van der Waals surface area contributed by atoms with Gasteiger partial charge in [-0.15, -0.1) is 0 Å². The summed E-state index contributed by atoms with van der Waals surface area (Å²) in [7, 11) is 0. The van der Waals surface area contributed by atoms with Crippen molar-refractivity contribution in [3.63, 3.8) is 0 Å². The van der Waals surface area contributed by atoms with Gasteiger partial charge in [0.1, 0.15) is 6.54 Å². The van der Waals surface area contributed by atoms with Crippen molar-refractivity contribution in [1.29, 1.82) is 0 Å². The largest absolute Gasteiger partial charge is 0.325 e. The molecule has 1 aliphatic heterocycles. The number of nitrogens with one attached hydrogen (secondary N) is 1. The molecule has 3 rings (SSSR count). The molecule has 0 aromatic heterocycles. The number of hydrogen-bond donors (Lipinski definition) is 1. The first kappa shape index (κ1) is 18.7. The number of halogens is 2. The SMILES string of the molecule is O=C(CN1C(=O)S/C(=C/c2ccc(Br)cc2)C1=O)Nc1ccc(Cl)cc1. The van der Waals surface area contributed by atoms with Gasteiger partial charge in [0, 0.05) is 15.2 Å². The van der Waals surface area contributed by atoms with Crippen molar-refractivity contribution >= 4 is 68.1 Å². The molecule has 1 fully saturated rings. The van der Waals surface area contributed by atoms with Gasteiger partial charge in [-0.3, -0.25) is 19.3 Å². The maximum absolute atomic E-state index is 12.4. The second kappa shape index (κ2) is 8.07. The molecular formula is C18H12BrClN2O3S. The van der Waals surface area contributed by atoms with Crippen molar-refractivity contribution in [2.45, 2.75) is 0 Å². The zero-order valence-electron chi connectivity index (χ0n) is 13.2. The first-order valence-corrected chi connectivity index (χ1v) is 9.47. The van der Waals surface area contributed by atoms with E-state index in [4.69, 9.17) is 11.6 Å². The number of anilines is 1. The van der Waals surface area contributed by atoms with Crippen LogP contribution in [0.3, 0.4) is 0 Å². The highest BCUT2D eigenvalue weighted by Gasteiger charge is 2.36. The Labute approximate surface area is 167 Å². The van der Waals surface area contributed by atoms with Crippen LogP contribution in [0.5, 0.6) is 0 Å². The number of carbonyl (C=O) groups is 3. The van der Waals surface area contributed by atoms with Crippen molar-refractivity contribution in [2.75, 3.05) is 11.9 Å². The monoisotopic (exact) mass is 450 g/mol. The minimum atomic E-state index is -0.478. The molecule has 0 atom stereocenters. The van der Waals surface area contributed by atoms with Gasteiger partial charge in [0.2, 0.25) is 5.91 Å². The summed E-state index contributed by atoms with van der Waals surface area (Å²) in [6.07, 6.45) is 1.63. The summed E-state index contributed by atoms with van der Waals surface area (Å²) >= 11 is 9.95. The lowest BCUT2D eigenvalue weighted by molar-refractivity contribution is -0.127. The number of nitrogens with zero attached hydrogens (tertiary/aromatic N) is 1. The van der Waals surface area contributed by atoms with E-state index in [0.717, 1.165) is 26.7 Å². The quantitative estimate of drug-likeness (QED) is 0.680. The van der Waals surface area contributed by atoms with E-state index < -0.39 is 17.1 Å². The van der Waals surface area contributed by atoms with Crippen LogP contribution in [0.25, 0.3) is 6.08 Å². The summed E-state index contributed by atoms with van der Waals surface area (Å²) in [5, 5.41) is 2.71. The number of hydrogen-bond acceptors (Lipinski definition) is 4. The number of carbonyl (C=O) groups excluding carboxylic acids is 3. The maximum atomic E-state index is 12.4. The zero-order chi connectivity index (χ0) is 18.7. The van der Waals surface area contributed by atoms with Gasteiger partial charge >= 0.3 is 0 Å². The molecule has 1 heterocycles. The van der Waals surface area contributed by atoms with Crippen LogP contribution in [0, 0.1) is 0 Å². The molecule has 3 amide bonds. The topological polar surface area (TPSA) is 66.5 Å². The smallest absolute Gasteiger partial charge is 0.294 e. The summed E-state index contributed by atoms with van der Waals surface area (Å²) in [6, 6.07) is 13.9. The van der Waals surface area contributed by atoms with Crippen LogP contribution in [0.15, 0.2) is 57.9 Å². The molecule has 2 aromatic carbocycles. The Kier molecular flexibility index (Phi) is 5.80. The van der Waals surface area contributed by atoms with Crippen LogP contribution in [0.2, 0.25) is 5.02 Å². The van der Waals surface area contributed by atoms with E-state index in [2.05, 4.69) is 21.2 Å². The van der Waals surface area contributed by atoms with E-state index in [1.54, 1.807) is 30.3 Å². The lowest BCUT2D eigenvalue weighted by Crippen LogP contribution is -2.36. The minimum absolute atomic E-state index is 0.289. The molecule has 2 aromatic rings. The maximum Gasteiger partial charge on any atom is 0.294 e. The molecule has 0 bridgehead atoms. The fraction of sp³-hybridized carbons (Fsp3) is 0.0556. The molecule has 0 radical (unpaired) electrons. The summed E-state index contributed by atoms with van der Waals surface area (Å²) < 4.78 is 0.918. The van der Waals surface area contributed by atoms with E-state index in [1.807, 2.05) is 24.3 Å². The Hall–Kier alpha value is -2.09. The third-order valence-corrected chi connectivity index (χ3v) is 5.16. The Balaban J connectivity index is 1.67. The predicted molar refractivity (Wildman–Crippen MR) is 107 cm³/mol. The van der Waals surface area contributed by atoms with Crippen molar-refractivity contribution < 1.29 is 14.4 Å². The van der Waals surface area contributed by atoms with Crippen molar-refractivity contribution in [3.8, 4) is 0 Å². The van der Waals surface area contributed by atoms with Crippen molar-refractivity contribution in [2.24, 2.45) is 0 Å². The van der Waals surface area contributed by atoms with Gasteiger partial charge in [-0.1, -0.05) is 39.7 Å². The molecule has 0 saturated carbocycles. The second-order valence-electron chi connectivity index (χ2n) is 5.37. The van der Waals surface area contributed by atoms with E-state index in [0.29, 0.717) is 10.7 Å². The molecule has 8 heteroatoms. The van der Waals surface area contributed by atoms with Gasteiger partial charge in [-0.05, 0) is 59.8 Å². The lowest BCUT2D eigenvalue weighted by Gasteiger charge is -2.12. The fourth-order valence-corrected chi connectivity index (χ4v) is 3.45. The number of amides is 3. The summed E-state index contributed by atoms with van der Waals surface area (Å²) in [6.45, 7) is -0.342. The number of imide groups is 1. The highest BCUT2D eigenvalue weighted by Crippen LogP contribution is 2.32. The van der Waals surface area contributed by atoms with Crippen LogP contribution < -0.4 is 5.32 Å². The molecule has 0 aliphatic carbocycles. The zero-order valence-corrected chi connectivity index (χ0v) is 16.4. The highest BCUT2D eigenvalue weighted by molar-refractivity contribution is 9.10. The molecule has 1 N–H and O–H groups in total. The Morgan fingerprint density at radius 3 is 2.42 bits per heavy atom. The number of thioether (sulfide) groups is 1. The summed E-state index contributed by atoms with van der Waals surface area (Å²) in [4.78, 5) is 37.9. The Morgan fingerprint density at radius 1 is 1.12 bits per heavy atom. The van der Waals surface area contributed by atoms with Gasteiger partial charge in [0.05, 0.1) is 4.91 Å². The van der Waals surface area contributed by atoms with Crippen molar-refractivity contribution in [3.05, 3.63) is 68.5 Å². The Morgan fingerprint density at radius 2 is 1.77 bits per heavy atom. The predicted octanol–water partition coefficient (Wildman–Crippen LogP) is 4.78. The van der Waals surface area contributed by atoms with Gasteiger partial charge in [0.25, 0.3) is 11.1 Å². The van der Waals surface area contributed by atoms with Crippen LogP contribution in [0.1, 0.15) is 5.56 Å². The van der Waals surface area contributed by atoms with E-state index >= 15 is 0 Å². The molecule has 0 unspecified atom stereocenters. The minimum Gasteiger partial charge on any atom is -0.325 e. The van der Waals surface area contributed by atoms with E-state index in [9.17, 15) is 14.4 Å². The molecule has 5 nitrogen and oxygen atoms in total. The molecular weight excluding hydrogens is 440 g/mol. The molecule has 132 valence electrons. The van der Waals surface area contributed by atoms with Crippen LogP contribution in [-0.4, -0.2) is 28.5 Å². The third-order valence-electron chi connectivity index (χ3n) is 3.47. The molecule has 1 aliphatic rings. The summed E-state index contributed by atoms with van der Waals surface area (Å²) in [5.41, 5.74) is 1.33.